The van der Waals surface area contributed by atoms with E-state index in [0.717, 1.165) is 30.2 Å². The smallest absolute Gasteiger partial charge is 0.222 e. The number of hydrogen-bond acceptors (Lipinski definition) is 5. The van der Waals surface area contributed by atoms with Crippen LogP contribution in [-0.2, 0) is 0 Å². The molecule has 0 bridgehead atoms. The molecule has 1 saturated heterocycles. The molecule has 3 N–H and O–H groups in total. The number of aryl methyl sites for hydroxylation is 1. The summed E-state index contributed by atoms with van der Waals surface area (Å²) < 4.78 is 0. The molecule has 0 atom stereocenters. The van der Waals surface area contributed by atoms with Crippen molar-refractivity contribution in [1.29, 1.82) is 0 Å². The summed E-state index contributed by atoms with van der Waals surface area (Å²) in [5.74, 6) is 0.850. The normalized spacial score (nSPS) is 14.8. The summed E-state index contributed by atoms with van der Waals surface area (Å²) in [5, 5.41) is 4.46. The first-order valence-electron chi connectivity index (χ1n) is 7.65. The SMILES string of the molecule is Cc1cc(Nc2cc(Cl)c(N3CCCCC3)c(Cl)c2)nc(N)n1. The van der Waals surface area contributed by atoms with Crippen LogP contribution in [0.1, 0.15) is 25.0 Å². The van der Waals surface area contributed by atoms with Crippen LogP contribution in [0.4, 0.5) is 23.1 Å². The van der Waals surface area contributed by atoms with Crippen LogP contribution in [0, 0.1) is 6.92 Å². The molecule has 5 nitrogen and oxygen atoms in total. The lowest BCUT2D eigenvalue weighted by Gasteiger charge is -2.30. The second kappa shape index (κ2) is 6.81. The highest BCUT2D eigenvalue weighted by atomic mass is 35.5. The Balaban J connectivity index is 1.86. The number of hydrogen-bond donors (Lipinski definition) is 2. The van der Waals surface area contributed by atoms with Crippen molar-refractivity contribution in [3.8, 4) is 0 Å². The van der Waals surface area contributed by atoms with Gasteiger partial charge in [0.2, 0.25) is 5.95 Å². The molecule has 1 aliphatic rings. The van der Waals surface area contributed by atoms with Crippen molar-refractivity contribution < 1.29 is 0 Å². The summed E-state index contributed by atoms with van der Waals surface area (Å²) in [6, 6.07) is 5.55. The van der Waals surface area contributed by atoms with Crippen LogP contribution in [0.2, 0.25) is 10.0 Å². The fourth-order valence-electron chi connectivity index (χ4n) is 2.86. The van der Waals surface area contributed by atoms with E-state index in [-0.39, 0.29) is 5.95 Å². The summed E-state index contributed by atoms with van der Waals surface area (Å²) in [7, 11) is 0. The number of halogens is 2. The molecule has 0 radical (unpaired) electrons. The van der Waals surface area contributed by atoms with E-state index in [1.165, 1.54) is 19.3 Å². The van der Waals surface area contributed by atoms with Crippen LogP contribution in [0.15, 0.2) is 18.2 Å². The zero-order valence-electron chi connectivity index (χ0n) is 12.9. The molecule has 0 spiro atoms. The lowest BCUT2D eigenvalue weighted by Crippen LogP contribution is -2.29. The molecule has 3 rings (SSSR count). The summed E-state index contributed by atoms with van der Waals surface area (Å²) in [6.45, 7) is 3.85. The molecule has 0 amide bonds. The quantitative estimate of drug-likeness (QED) is 0.857. The molecule has 1 fully saturated rings. The predicted molar refractivity (Wildman–Crippen MR) is 97.0 cm³/mol. The van der Waals surface area contributed by atoms with E-state index in [0.29, 0.717) is 15.9 Å². The van der Waals surface area contributed by atoms with Crippen LogP contribution >= 0.6 is 23.2 Å². The third-order valence-electron chi connectivity index (χ3n) is 3.83. The second-order valence-corrected chi connectivity index (χ2v) is 6.53. The molecule has 2 heterocycles. The number of piperidine rings is 1. The van der Waals surface area contributed by atoms with Crippen molar-refractivity contribution in [2.75, 3.05) is 29.0 Å². The van der Waals surface area contributed by atoms with Crippen LogP contribution < -0.4 is 16.0 Å². The minimum absolute atomic E-state index is 0.231. The average molecular weight is 352 g/mol. The molecule has 0 aliphatic carbocycles. The maximum absolute atomic E-state index is 6.47. The molecule has 7 heteroatoms. The number of nitrogens with two attached hydrogens (primary N) is 1. The van der Waals surface area contributed by atoms with E-state index in [1.54, 1.807) is 0 Å². The van der Waals surface area contributed by atoms with Gasteiger partial charge in [0.25, 0.3) is 0 Å². The lowest BCUT2D eigenvalue weighted by atomic mass is 10.1. The molecule has 122 valence electrons. The van der Waals surface area contributed by atoms with E-state index < -0.39 is 0 Å². The second-order valence-electron chi connectivity index (χ2n) is 5.71. The molecule has 2 aromatic rings. The van der Waals surface area contributed by atoms with E-state index in [4.69, 9.17) is 28.9 Å². The van der Waals surface area contributed by atoms with Gasteiger partial charge in [-0.25, -0.2) is 4.98 Å². The summed E-state index contributed by atoms with van der Waals surface area (Å²) in [5.41, 5.74) is 8.16. The molecule has 0 saturated carbocycles. The average Bonchev–Trinajstić information content (AvgIpc) is 2.46. The van der Waals surface area contributed by atoms with Crippen molar-refractivity contribution in [1.82, 2.24) is 9.97 Å². The largest absolute Gasteiger partial charge is 0.369 e. The van der Waals surface area contributed by atoms with Gasteiger partial charge in [-0.3, -0.25) is 0 Å². The molecular formula is C16H19Cl2N5. The van der Waals surface area contributed by atoms with Gasteiger partial charge in [-0.2, -0.15) is 4.98 Å². The maximum Gasteiger partial charge on any atom is 0.222 e. The highest BCUT2D eigenvalue weighted by Crippen LogP contribution is 2.38. The number of nitrogen functional groups attached to an aromatic ring is 1. The Kier molecular flexibility index (Phi) is 4.78. The first kappa shape index (κ1) is 16.1. The minimum atomic E-state index is 0.231. The Labute approximate surface area is 145 Å². The first-order chi connectivity index (χ1) is 11.0. The zero-order valence-corrected chi connectivity index (χ0v) is 14.5. The predicted octanol–water partition coefficient (Wildman–Crippen LogP) is 4.41. The van der Waals surface area contributed by atoms with Gasteiger partial charge in [0.05, 0.1) is 15.7 Å². The van der Waals surface area contributed by atoms with E-state index in [1.807, 2.05) is 25.1 Å². The first-order valence-corrected chi connectivity index (χ1v) is 8.41. The standard InChI is InChI=1S/C16H19Cl2N5/c1-10-7-14(22-16(19)20-10)21-11-8-12(17)15(13(18)9-11)23-5-3-2-4-6-23/h7-9H,2-6H2,1H3,(H3,19,20,21,22). The minimum Gasteiger partial charge on any atom is -0.369 e. The molecule has 1 aromatic heterocycles. The van der Waals surface area contributed by atoms with Crippen LogP contribution in [0.25, 0.3) is 0 Å². The molecule has 1 aliphatic heterocycles. The molecule has 1 aromatic carbocycles. The summed E-state index contributed by atoms with van der Waals surface area (Å²) >= 11 is 12.9. The van der Waals surface area contributed by atoms with Crippen molar-refractivity contribution in [2.45, 2.75) is 26.2 Å². The van der Waals surface area contributed by atoms with Crippen LogP contribution in [0.5, 0.6) is 0 Å². The third kappa shape index (κ3) is 3.79. The van der Waals surface area contributed by atoms with Crippen LogP contribution in [0.3, 0.4) is 0 Å². The topological polar surface area (TPSA) is 67.1 Å². The Hall–Kier alpha value is -1.72. The number of rotatable bonds is 3. The summed E-state index contributed by atoms with van der Waals surface area (Å²) in [6.07, 6.45) is 3.61. The van der Waals surface area contributed by atoms with E-state index in [2.05, 4.69) is 20.2 Å². The monoisotopic (exact) mass is 351 g/mol. The Bertz CT molecular complexity index is 670. The molecule has 23 heavy (non-hydrogen) atoms. The van der Waals surface area contributed by atoms with Gasteiger partial charge in [0, 0.05) is 30.5 Å². The highest BCUT2D eigenvalue weighted by Gasteiger charge is 2.18. The fourth-order valence-corrected chi connectivity index (χ4v) is 3.59. The molecular weight excluding hydrogens is 333 g/mol. The molecule has 0 unspecified atom stereocenters. The van der Waals surface area contributed by atoms with Gasteiger partial charge >= 0.3 is 0 Å². The lowest BCUT2D eigenvalue weighted by molar-refractivity contribution is 0.578. The number of anilines is 4. The third-order valence-corrected chi connectivity index (χ3v) is 4.41. The number of aromatic nitrogens is 2. The van der Waals surface area contributed by atoms with Crippen molar-refractivity contribution >= 4 is 46.3 Å². The fraction of sp³-hybridized carbons (Fsp3) is 0.375. The van der Waals surface area contributed by atoms with Crippen molar-refractivity contribution in [2.24, 2.45) is 0 Å². The van der Waals surface area contributed by atoms with Crippen molar-refractivity contribution in [3.05, 3.63) is 33.9 Å². The van der Waals surface area contributed by atoms with E-state index >= 15 is 0 Å². The van der Waals surface area contributed by atoms with E-state index in [9.17, 15) is 0 Å². The Morgan fingerprint density at radius 1 is 1.04 bits per heavy atom. The highest BCUT2D eigenvalue weighted by molar-refractivity contribution is 6.39. The van der Waals surface area contributed by atoms with Gasteiger partial charge in [-0.15, -0.1) is 0 Å². The Morgan fingerprint density at radius 3 is 2.30 bits per heavy atom. The van der Waals surface area contributed by atoms with Gasteiger partial charge in [-0.1, -0.05) is 23.2 Å². The summed E-state index contributed by atoms with van der Waals surface area (Å²) in [4.78, 5) is 10.5. The number of benzene rings is 1. The van der Waals surface area contributed by atoms with Crippen LogP contribution in [-0.4, -0.2) is 23.1 Å². The maximum atomic E-state index is 6.47. The Morgan fingerprint density at radius 2 is 1.70 bits per heavy atom. The van der Waals surface area contributed by atoms with Gasteiger partial charge in [0.1, 0.15) is 5.82 Å². The van der Waals surface area contributed by atoms with Gasteiger partial charge < -0.3 is 16.0 Å². The zero-order chi connectivity index (χ0) is 16.4. The van der Waals surface area contributed by atoms with Gasteiger partial charge in [-0.05, 0) is 38.3 Å². The van der Waals surface area contributed by atoms with Gasteiger partial charge in [0.15, 0.2) is 0 Å². The number of nitrogens with zero attached hydrogens (tertiary/aromatic N) is 3. The van der Waals surface area contributed by atoms with Crippen molar-refractivity contribution in [3.63, 3.8) is 0 Å². The number of nitrogens with one attached hydrogen (secondary N) is 1.